The van der Waals surface area contributed by atoms with E-state index < -0.39 is 34.0 Å². The van der Waals surface area contributed by atoms with Crippen LogP contribution in [0.1, 0.15) is 25.7 Å². The highest BCUT2D eigenvalue weighted by Gasteiger charge is 2.40. The lowest BCUT2D eigenvalue weighted by molar-refractivity contribution is -0.385. The van der Waals surface area contributed by atoms with Crippen molar-refractivity contribution in [2.24, 2.45) is 0 Å². The van der Waals surface area contributed by atoms with Gasteiger partial charge in [-0.1, -0.05) is 0 Å². The van der Waals surface area contributed by atoms with Crippen molar-refractivity contribution in [3.63, 3.8) is 0 Å². The molecule has 0 bridgehead atoms. The molecule has 2 aromatic carbocycles. The number of carbonyl (C=O) groups is 2. The van der Waals surface area contributed by atoms with Gasteiger partial charge in [0.15, 0.2) is 0 Å². The average molecular weight is 606 g/mol. The summed E-state index contributed by atoms with van der Waals surface area (Å²) >= 11 is 0. The molecule has 2 saturated heterocycles. The van der Waals surface area contributed by atoms with E-state index in [4.69, 9.17) is 0 Å². The number of nitrogens with zero attached hydrogens (tertiary/aromatic N) is 4. The number of rotatable bonds is 6. The minimum Gasteiger partial charge on any atom is -0.370 e. The van der Waals surface area contributed by atoms with Crippen molar-refractivity contribution in [1.29, 1.82) is 0 Å². The second kappa shape index (κ2) is 12.9. The molecule has 2 fully saturated rings. The van der Waals surface area contributed by atoms with Gasteiger partial charge in [-0.3, -0.25) is 29.8 Å². The summed E-state index contributed by atoms with van der Waals surface area (Å²) in [5, 5.41) is 24.9. The first-order valence-electron chi connectivity index (χ1n) is 12.4. The first kappa shape index (κ1) is 31.9. The second-order valence-corrected chi connectivity index (χ2v) is 9.21. The van der Waals surface area contributed by atoms with Gasteiger partial charge in [0.2, 0.25) is 0 Å². The van der Waals surface area contributed by atoms with Crippen LogP contribution in [-0.2, 0) is 9.59 Å². The maximum atomic E-state index is 12.3. The summed E-state index contributed by atoms with van der Waals surface area (Å²) in [6.07, 6.45) is -6.58. The number of anilines is 4. The lowest BCUT2D eigenvalue weighted by atomic mass is 10.2. The number of hydrogen-bond acceptors (Lipinski definition) is 8. The molecule has 2 N–H and O–H groups in total. The van der Waals surface area contributed by atoms with Crippen LogP contribution in [0.2, 0.25) is 0 Å². The number of nitro groups is 2. The van der Waals surface area contributed by atoms with Crippen molar-refractivity contribution in [3.05, 3.63) is 56.6 Å². The number of hydrogen-bond donors (Lipinski definition) is 2. The lowest BCUT2D eigenvalue weighted by Crippen LogP contribution is -2.31. The van der Waals surface area contributed by atoms with E-state index in [1.165, 1.54) is 24.3 Å². The van der Waals surface area contributed by atoms with Gasteiger partial charge < -0.3 is 20.4 Å². The van der Waals surface area contributed by atoms with Crippen molar-refractivity contribution in [2.45, 2.75) is 38.0 Å². The fraction of sp³-hybridized carbons (Fsp3) is 0.417. The van der Waals surface area contributed by atoms with Crippen LogP contribution in [0.3, 0.4) is 0 Å². The van der Waals surface area contributed by atoms with Crippen LogP contribution in [0.5, 0.6) is 0 Å². The van der Waals surface area contributed by atoms with Gasteiger partial charge >= 0.3 is 24.2 Å². The Morgan fingerprint density at radius 2 is 0.952 bits per heavy atom. The SMILES string of the molecule is O=C(Nc1cc([N+](=O)[O-])ccc1N1CCCC1)C(F)(F)F.O=C(Nc1cc([N+](=O)[O-])ccc1N1CCCC1)C(F)(F)F. The minimum absolute atomic E-state index is 0.201. The third-order valence-electron chi connectivity index (χ3n) is 6.29. The van der Waals surface area contributed by atoms with E-state index in [-0.39, 0.29) is 22.7 Å². The summed E-state index contributed by atoms with van der Waals surface area (Å²) in [4.78, 5) is 45.7. The predicted octanol–water partition coefficient (Wildman–Crippen LogP) is 5.39. The van der Waals surface area contributed by atoms with Crippen LogP contribution in [-0.4, -0.2) is 60.2 Å². The molecule has 0 radical (unpaired) electrons. The first-order chi connectivity index (χ1) is 19.6. The smallest absolute Gasteiger partial charge is 0.370 e. The van der Waals surface area contributed by atoms with E-state index in [1.54, 1.807) is 20.4 Å². The molecule has 0 aliphatic carbocycles. The molecule has 0 unspecified atom stereocenters. The highest BCUT2D eigenvalue weighted by molar-refractivity contribution is 5.99. The summed E-state index contributed by atoms with van der Waals surface area (Å²) in [5.74, 6) is -4.30. The number of nitrogens with one attached hydrogen (secondary N) is 2. The van der Waals surface area contributed by atoms with Crippen molar-refractivity contribution in [3.8, 4) is 0 Å². The monoisotopic (exact) mass is 606 g/mol. The average Bonchev–Trinajstić information content (AvgIpc) is 3.63. The Bertz CT molecular complexity index is 1240. The highest BCUT2D eigenvalue weighted by atomic mass is 19.4. The van der Waals surface area contributed by atoms with Crippen molar-refractivity contribution < 1.29 is 45.8 Å². The van der Waals surface area contributed by atoms with Crippen LogP contribution >= 0.6 is 0 Å². The molecule has 2 heterocycles. The Kier molecular flexibility index (Phi) is 9.79. The van der Waals surface area contributed by atoms with Gasteiger partial charge in [-0.05, 0) is 37.8 Å². The number of amides is 2. The molecule has 2 aliphatic heterocycles. The number of non-ortho nitro benzene ring substituents is 2. The fourth-order valence-electron chi connectivity index (χ4n) is 4.33. The largest absolute Gasteiger partial charge is 0.471 e. The number of benzene rings is 2. The van der Waals surface area contributed by atoms with Crippen LogP contribution in [0, 0.1) is 20.2 Å². The molecule has 0 spiro atoms. The molecule has 2 amide bonds. The summed E-state index contributed by atoms with van der Waals surface area (Å²) in [6.45, 7) is 2.53. The van der Waals surface area contributed by atoms with Crippen molar-refractivity contribution in [2.75, 3.05) is 46.6 Å². The normalized spacial score (nSPS) is 15.1. The molecule has 2 aliphatic rings. The molecule has 4 rings (SSSR count). The van der Waals surface area contributed by atoms with Crippen LogP contribution in [0.25, 0.3) is 0 Å². The molecular weight excluding hydrogens is 582 g/mol. The van der Waals surface area contributed by atoms with Gasteiger partial charge in [-0.15, -0.1) is 0 Å². The van der Waals surface area contributed by atoms with E-state index in [0.717, 1.165) is 37.8 Å². The Labute approximate surface area is 233 Å². The zero-order valence-electron chi connectivity index (χ0n) is 21.6. The van der Waals surface area contributed by atoms with E-state index in [0.29, 0.717) is 37.6 Å². The Balaban J connectivity index is 0.000000230. The van der Waals surface area contributed by atoms with Crippen LogP contribution < -0.4 is 20.4 Å². The van der Waals surface area contributed by atoms with Crippen molar-refractivity contribution in [1.82, 2.24) is 0 Å². The quantitative estimate of drug-likeness (QED) is 0.252. The van der Waals surface area contributed by atoms with Crippen LogP contribution in [0.4, 0.5) is 60.5 Å². The number of nitro benzene ring substituents is 2. The molecule has 0 aromatic heterocycles. The molecular formula is C24H24F6N6O6. The minimum atomic E-state index is -5.05. The Morgan fingerprint density at radius 1 is 0.643 bits per heavy atom. The second-order valence-electron chi connectivity index (χ2n) is 9.21. The fourth-order valence-corrected chi connectivity index (χ4v) is 4.33. The molecule has 0 saturated carbocycles. The predicted molar refractivity (Wildman–Crippen MR) is 138 cm³/mol. The first-order valence-corrected chi connectivity index (χ1v) is 12.4. The van der Waals surface area contributed by atoms with Gasteiger partial charge in [-0.25, -0.2) is 0 Å². The summed E-state index contributed by atoms with van der Waals surface area (Å²) in [7, 11) is 0. The summed E-state index contributed by atoms with van der Waals surface area (Å²) in [5.41, 5.74) is -0.445. The summed E-state index contributed by atoms with van der Waals surface area (Å²) in [6, 6.07) is 7.01. The van der Waals surface area contributed by atoms with Gasteiger partial charge in [-0.2, -0.15) is 26.3 Å². The van der Waals surface area contributed by atoms with E-state index in [9.17, 15) is 56.2 Å². The molecule has 42 heavy (non-hydrogen) atoms. The molecule has 18 heteroatoms. The van der Waals surface area contributed by atoms with Crippen LogP contribution in [0.15, 0.2) is 36.4 Å². The maximum absolute atomic E-state index is 12.3. The zero-order chi connectivity index (χ0) is 31.2. The van der Waals surface area contributed by atoms with Gasteiger partial charge in [0, 0.05) is 50.4 Å². The van der Waals surface area contributed by atoms with Gasteiger partial charge in [0.1, 0.15) is 0 Å². The Hall–Kier alpha value is -4.64. The lowest BCUT2D eigenvalue weighted by Gasteiger charge is -2.21. The Morgan fingerprint density at radius 3 is 1.21 bits per heavy atom. The van der Waals surface area contributed by atoms with E-state index >= 15 is 0 Å². The van der Waals surface area contributed by atoms with Crippen molar-refractivity contribution >= 4 is 45.9 Å². The van der Waals surface area contributed by atoms with E-state index in [2.05, 4.69) is 0 Å². The molecule has 228 valence electrons. The van der Waals surface area contributed by atoms with Gasteiger partial charge in [0.05, 0.1) is 32.6 Å². The number of carbonyl (C=O) groups excluding carboxylic acids is 2. The third kappa shape index (κ3) is 8.20. The van der Waals surface area contributed by atoms with Gasteiger partial charge in [0.25, 0.3) is 11.4 Å². The molecule has 0 atom stereocenters. The maximum Gasteiger partial charge on any atom is 0.471 e. The number of alkyl halides is 6. The topological polar surface area (TPSA) is 151 Å². The van der Waals surface area contributed by atoms with E-state index in [1.807, 2.05) is 0 Å². The highest BCUT2D eigenvalue weighted by Crippen LogP contribution is 2.35. The standard InChI is InChI=1S/2C12H12F3N3O3/c2*13-12(14,15)11(19)16-9-7-8(18(20)21)3-4-10(9)17-5-1-2-6-17/h2*3-4,7H,1-2,5-6H2,(H,16,19). The summed E-state index contributed by atoms with van der Waals surface area (Å²) < 4.78 is 74.1. The third-order valence-corrected chi connectivity index (χ3v) is 6.29. The molecule has 12 nitrogen and oxygen atoms in total. The zero-order valence-corrected chi connectivity index (χ0v) is 21.6. The molecule has 2 aromatic rings. The number of halogens is 6.